The molecule has 0 atom stereocenters. The van der Waals surface area contributed by atoms with Crippen LogP contribution in [0.5, 0.6) is 0 Å². The third kappa shape index (κ3) is 0.988. The number of rotatable bonds is 1. The molecule has 1 aliphatic rings. The summed E-state index contributed by atoms with van der Waals surface area (Å²) in [5.74, 6) is 0.594. The summed E-state index contributed by atoms with van der Waals surface area (Å²) in [7, 11) is 0. The molecule has 0 spiro atoms. The number of hydrogen-bond donors (Lipinski definition) is 0. The fraction of sp³-hybridized carbons (Fsp3) is 0.0769. The Bertz CT molecular complexity index is 406. The molecule has 0 unspecified atom stereocenters. The van der Waals surface area contributed by atoms with Crippen molar-refractivity contribution < 1.29 is 0 Å². The topological polar surface area (TPSA) is 0 Å². The summed E-state index contributed by atoms with van der Waals surface area (Å²) in [6.07, 6.45) is 0. The van der Waals surface area contributed by atoms with E-state index in [-0.39, 0.29) is 0 Å². The lowest BCUT2D eigenvalue weighted by atomic mass is 10.1. The summed E-state index contributed by atoms with van der Waals surface area (Å²) in [6.45, 7) is 0. The van der Waals surface area contributed by atoms with E-state index in [9.17, 15) is 0 Å². The van der Waals surface area contributed by atoms with Crippen LogP contribution in [-0.4, -0.2) is 0 Å². The van der Waals surface area contributed by atoms with Gasteiger partial charge in [-0.1, -0.05) is 54.6 Å². The van der Waals surface area contributed by atoms with Crippen molar-refractivity contribution in [3.8, 4) is 0 Å². The standard InChI is InChI=1S/C13H10/c1-2-6-10(7-3-1)13-11-8-4-5-9-12(11)13/h1-9,13H. The molecule has 3 rings (SSSR count). The van der Waals surface area contributed by atoms with Gasteiger partial charge in [0.1, 0.15) is 0 Å². The summed E-state index contributed by atoms with van der Waals surface area (Å²) in [5.41, 5.74) is 4.41. The Morgan fingerprint density at radius 1 is 0.615 bits per heavy atom. The average molecular weight is 166 g/mol. The van der Waals surface area contributed by atoms with Crippen molar-refractivity contribution in [2.24, 2.45) is 0 Å². The largest absolute Gasteiger partial charge is 0.0622 e. The van der Waals surface area contributed by atoms with E-state index in [1.165, 1.54) is 16.7 Å². The minimum atomic E-state index is 0.594. The van der Waals surface area contributed by atoms with Crippen LogP contribution in [0.4, 0.5) is 0 Å². The molecule has 2 aromatic carbocycles. The highest BCUT2D eigenvalue weighted by Gasteiger charge is 2.32. The highest BCUT2D eigenvalue weighted by Crippen LogP contribution is 2.47. The number of fused-ring (bicyclic) bond motifs is 1. The first-order chi connectivity index (χ1) is 6.47. The second kappa shape index (κ2) is 2.46. The number of benzene rings is 2. The third-order valence-corrected chi connectivity index (χ3v) is 2.67. The van der Waals surface area contributed by atoms with Gasteiger partial charge in [-0.15, -0.1) is 0 Å². The van der Waals surface area contributed by atoms with Gasteiger partial charge in [0.2, 0.25) is 0 Å². The van der Waals surface area contributed by atoms with E-state index in [0.717, 1.165) is 0 Å². The van der Waals surface area contributed by atoms with Crippen molar-refractivity contribution in [1.82, 2.24) is 0 Å². The van der Waals surface area contributed by atoms with Crippen LogP contribution in [0, 0.1) is 0 Å². The van der Waals surface area contributed by atoms with Crippen molar-refractivity contribution in [2.45, 2.75) is 5.92 Å². The molecule has 0 aromatic heterocycles. The van der Waals surface area contributed by atoms with Crippen molar-refractivity contribution in [2.75, 3.05) is 0 Å². The minimum absolute atomic E-state index is 0.594. The maximum atomic E-state index is 2.22. The summed E-state index contributed by atoms with van der Waals surface area (Å²) in [6, 6.07) is 19.3. The lowest BCUT2D eigenvalue weighted by Crippen LogP contribution is -1.78. The quantitative estimate of drug-likeness (QED) is 0.521. The van der Waals surface area contributed by atoms with Crippen LogP contribution in [0.25, 0.3) is 0 Å². The number of hydrogen-bond acceptors (Lipinski definition) is 0. The van der Waals surface area contributed by atoms with Gasteiger partial charge >= 0.3 is 0 Å². The summed E-state index contributed by atoms with van der Waals surface area (Å²) in [4.78, 5) is 0. The van der Waals surface area contributed by atoms with Crippen LogP contribution in [0.15, 0.2) is 54.6 Å². The maximum Gasteiger partial charge on any atom is 0.0346 e. The van der Waals surface area contributed by atoms with E-state index in [0.29, 0.717) is 5.92 Å². The van der Waals surface area contributed by atoms with E-state index in [4.69, 9.17) is 0 Å². The normalized spacial score (nSPS) is 13.8. The molecule has 0 nitrogen and oxygen atoms in total. The van der Waals surface area contributed by atoms with Crippen molar-refractivity contribution in [3.05, 3.63) is 71.3 Å². The fourth-order valence-corrected chi connectivity index (χ4v) is 1.96. The van der Waals surface area contributed by atoms with Crippen LogP contribution in [0.2, 0.25) is 0 Å². The molecule has 0 radical (unpaired) electrons. The van der Waals surface area contributed by atoms with Crippen LogP contribution in [0.1, 0.15) is 22.6 Å². The van der Waals surface area contributed by atoms with Crippen molar-refractivity contribution in [1.29, 1.82) is 0 Å². The zero-order valence-electron chi connectivity index (χ0n) is 7.27. The Kier molecular flexibility index (Phi) is 1.31. The Labute approximate surface area is 77.8 Å². The maximum absolute atomic E-state index is 2.22. The van der Waals surface area contributed by atoms with Crippen LogP contribution >= 0.6 is 0 Å². The minimum Gasteiger partial charge on any atom is -0.0622 e. The van der Waals surface area contributed by atoms with E-state index >= 15 is 0 Å². The van der Waals surface area contributed by atoms with Gasteiger partial charge in [0.05, 0.1) is 0 Å². The summed E-state index contributed by atoms with van der Waals surface area (Å²) >= 11 is 0. The lowest BCUT2D eigenvalue weighted by Gasteiger charge is -1.94. The molecule has 0 aliphatic heterocycles. The third-order valence-electron chi connectivity index (χ3n) is 2.67. The fourth-order valence-electron chi connectivity index (χ4n) is 1.96. The molecular formula is C13H10. The second-order valence-corrected chi connectivity index (χ2v) is 3.47. The zero-order valence-corrected chi connectivity index (χ0v) is 7.27. The lowest BCUT2D eigenvalue weighted by molar-refractivity contribution is 1.21. The van der Waals surface area contributed by atoms with Crippen LogP contribution in [-0.2, 0) is 0 Å². The van der Waals surface area contributed by atoms with Crippen LogP contribution < -0.4 is 0 Å². The molecule has 0 saturated heterocycles. The molecular weight excluding hydrogens is 156 g/mol. The van der Waals surface area contributed by atoms with E-state index in [2.05, 4.69) is 54.6 Å². The summed E-state index contributed by atoms with van der Waals surface area (Å²) < 4.78 is 0. The SMILES string of the molecule is c1ccc(C2c3ccccc32)cc1. The Morgan fingerprint density at radius 3 is 1.77 bits per heavy atom. The van der Waals surface area contributed by atoms with Crippen molar-refractivity contribution in [3.63, 3.8) is 0 Å². The molecule has 2 aromatic rings. The molecule has 0 heterocycles. The molecule has 1 aliphatic carbocycles. The molecule has 0 N–H and O–H groups in total. The van der Waals surface area contributed by atoms with Gasteiger partial charge in [0.25, 0.3) is 0 Å². The monoisotopic (exact) mass is 166 g/mol. The first kappa shape index (κ1) is 6.90. The van der Waals surface area contributed by atoms with Gasteiger partial charge in [0, 0.05) is 5.92 Å². The van der Waals surface area contributed by atoms with Gasteiger partial charge in [-0.25, -0.2) is 0 Å². The first-order valence-electron chi connectivity index (χ1n) is 4.60. The smallest absolute Gasteiger partial charge is 0.0346 e. The van der Waals surface area contributed by atoms with E-state index in [1.54, 1.807) is 0 Å². The predicted molar refractivity (Wildman–Crippen MR) is 53.8 cm³/mol. The van der Waals surface area contributed by atoms with E-state index < -0.39 is 0 Å². The van der Waals surface area contributed by atoms with Crippen molar-refractivity contribution >= 4 is 0 Å². The Morgan fingerprint density at radius 2 is 1.15 bits per heavy atom. The Hall–Kier alpha value is -1.56. The molecule has 62 valence electrons. The zero-order chi connectivity index (χ0) is 8.67. The molecule has 0 bridgehead atoms. The average Bonchev–Trinajstić information content (AvgIpc) is 2.93. The molecule has 13 heavy (non-hydrogen) atoms. The van der Waals surface area contributed by atoms with Gasteiger partial charge in [-0.05, 0) is 16.7 Å². The van der Waals surface area contributed by atoms with E-state index in [1.807, 2.05) is 0 Å². The van der Waals surface area contributed by atoms with Gasteiger partial charge < -0.3 is 0 Å². The highest BCUT2D eigenvalue weighted by molar-refractivity contribution is 5.59. The first-order valence-corrected chi connectivity index (χ1v) is 4.60. The molecule has 0 fully saturated rings. The van der Waals surface area contributed by atoms with Crippen LogP contribution in [0.3, 0.4) is 0 Å². The van der Waals surface area contributed by atoms with Gasteiger partial charge in [-0.2, -0.15) is 0 Å². The predicted octanol–water partition coefficient (Wildman–Crippen LogP) is 3.18. The molecule has 0 amide bonds. The van der Waals surface area contributed by atoms with Gasteiger partial charge in [0.15, 0.2) is 0 Å². The van der Waals surface area contributed by atoms with Gasteiger partial charge in [-0.3, -0.25) is 0 Å². The summed E-state index contributed by atoms with van der Waals surface area (Å²) in [5, 5.41) is 0. The second-order valence-electron chi connectivity index (χ2n) is 3.47. The Balaban J connectivity index is 2.02. The molecule has 0 heteroatoms. The molecule has 0 saturated carbocycles. The highest BCUT2D eigenvalue weighted by atomic mass is 14.3.